The molecular weight excluding hydrogens is 278 g/mol. The monoisotopic (exact) mass is 295 g/mol. The molecule has 0 aliphatic carbocycles. The van der Waals surface area contributed by atoms with Crippen LogP contribution in [0.5, 0.6) is 0 Å². The van der Waals surface area contributed by atoms with Gasteiger partial charge in [-0.3, -0.25) is 14.7 Å². The van der Waals surface area contributed by atoms with Crippen LogP contribution in [0.2, 0.25) is 0 Å². The van der Waals surface area contributed by atoms with Crippen molar-refractivity contribution in [2.24, 2.45) is 0 Å². The van der Waals surface area contributed by atoms with Gasteiger partial charge in [-0.15, -0.1) is 0 Å². The van der Waals surface area contributed by atoms with Gasteiger partial charge in [-0.05, 0) is 13.3 Å². The Morgan fingerprint density at radius 2 is 2.40 bits per heavy atom. The van der Waals surface area contributed by atoms with Crippen molar-refractivity contribution in [3.63, 3.8) is 0 Å². The number of nitrogens with one attached hydrogen (secondary N) is 2. The number of hydrogen-bond donors (Lipinski definition) is 2. The SMILES string of the molecule is Cc1csc(=O)n1CCCC(=O)NCCc1ncn[nH]1. The zero-order chi connectivity index (χ0) is 14.4. The van der Waals surface area contributed by atoms with Gasteiger partial charge < -0.3 is 9.88 Å². The third-order valence-corrected chi connectivity index (χ3v) is 3.79. The molecule has 108 valence electrons. The van der Waals surface area contributed by atoms with E-state index in [1.807, 2.05) is 12.3 Å². The van der Waals surface area contributed by atoms with E-state index >= 15 is 0 Å². The molecule has 20 heavy (non-hydrogen) atoms. The Balaban J connectivity index is 1.64. The molecule has 2 rings (SSSR count). The van der Waals surface area contributed by atoms with Gasteiger partial charge in [-0.25, -0.2) is 4.98 Å². The van der Waals surface area contributed by atoms with Crippen LogP contribution in [0, 0.1) is 6.92 Å². The average Bonchev–Trinajstić information content (AvgIpc) is 3.03. The van der Waals surface area contributed by atoms with Crippen LogP contribution in [-0.4, -0.2) is 32.2 Å². The van der Waals surface area contributed by atoms with E-state index in [9.17, 15) is 9.59 Å². The summed E-state index contributed by atoms with van der Waals surface area (Å²) in [6.45, 7) is 3.02. The number of aromatic nitrogens is 4. The van der Waals surface area contributed by atoms with Crippen LogP contribution in [0.15, 0.2) is 16.5 Å². The summed E-state index contributed by atoms with van der Waals surface area (Å²) >= 11 is 1.19. The molecule has 0 saturated heterocycles. The number of carbonyl (C=O) groups excluding carboxylic acids is 1. The molecule has 2 aromatic rings. The number of H-pyrrole nitrogens is 1. The number of carbonyl (C=O) groups is 1. The summed E-state index contributed by atoms with van der Waals surface area (Å²) in [5.74, 6) is 0.746. The lowest BCUT2D eigenvalue weighted by Crippen LogP contribution is -2.26. The van der Waals surface area contributed by atoms with E-state index in [1.165, 1.54) is 17.7 Å². The van der Waals surface area contributed by atoms with Crippen molar-refractivity contribution in [2.75, 3.05) is 6.54 Å². The highest BCUT2D eigenvalue weighted by molar-refractivity contribution is 7.07. The lowest BCUT2D eigenvalue weighted by atomic mass is 10.3. The maximum atomic E-state index is 11.6. The fourth-order valence-corrected chi connectivity index (χ4v) is 2.59. The number of aryl methyl sites for hydroxylation is 1. The van der Waals surface area contributed by atoms with Crippen LogP contribution >= 0.6 is 11.3 Å². The van der Waals surface area contributed by atoms with Gasteiger partial charge in [-0.2, -0.15) is 5.10 Å². The maximum Gasteiger partial charge on any atom is 0.307 e. The van der Waals surface area contributed by atoms with Gasteiger partial charge in [0.05, 0.1) is 0 Å². The Hall–Kier alpha value is -1.96. The molecule has 0 aliphatic heterocycles. The fourth-order valence-electron chi connectivity index (χ4n) is 1.83. The molecule has 0 unspecified atom stereocenters. The average molecular weight is 295 g/mol. The molecule has 2 aromatic heterocycles. The van der Waals surface area contributed by atoms with E-state index in [0.717, 1.165) is 11.5 Å². The van der Waals surface area contributed by atoms with E-state index in [2.05, 4.69) is 20.5 Å². The Kier molecular flexibility index (Phi) is 5.05. The van der Waals surface area contributed by atoms with Gasteiger partial charge in [0.2, 0.25) is 5.91 Å². The quantitative estimate of drug-likeness (QED) is 0.777. The van der Waals surface area contributed by atoms with Crippen molar-refractivity contribution >= 4 is 17.2 Å². The minimum atomic E-state index is -0.00885. The summed E-state index contributed by atoms with van der Waals surface area (Å²) in [6, 6.07) is 0. The second-order valence-corrected chi connectivity index (χ2v) is 5.25. The van der Waals surface area contributed by atoms with Crippen molar-refractivity contribution in [1.29, 1.82) is 0 Å². The Bertz CT molecular complexity index is 602. The standard InChI is InChI=1S/C12H17N5O2S/c1-9-7-20-12(19)17(9)6-2-3-11(18)13-5-4-10-14-8-15-16-10/h7-8H,2-6H2,1H3,(H,13,18)(H,14,15,16). The third kappa shape index (κ3) is 4.02. The molecule has 0 aromatic carbocycles. The number of amides is 1. The molecular formula is C12H17N5O2S. The lowest BCUT2D eigenvalue weighted by Gasteiger charge is -2.05. The second kappa shape index (κ2) is 6.99. The second-order valence-electron chi connectivity index (χ2n) is 4.43. The first-order valence-corrected chi connectivity index (χ1v) is 7.30. The summed E-state index contributed by atoms with van der Waals surface area (Å²) in [7, 11) is 0. The summed E-state index contributed by atoms with van der Waals surface area (Å²) in [5, 5.41) is 11.1. The van der Waals surface area contributed by atoms with Crippen LogP contribution < -0.4 is 10.2 Å². The molecule has 0 atom stereocenters. The molecule has 1 amide bonds. The highest BCUT2D eigenvalue weighted by atomic mass is 32.1. The van der Waals surface area contributed by atoms with Gasteiger partial charge in [0, 0.05) is 37.0 Å². The van der Waals surface area contributed by atoms with E-state index in [1.54, 1.807) is 4.57 Å². The molecule has 0 bridgehead atoms. The highest BCUT2D eigenvalue weighted by Crippen LogP contribution is 2.02. The van der Waals surface area contributed by atoms with E-state index in [0.29, 0.717) is 32.4 Å². The summed E-state index contributed by atoms with van der Waals surface area (Å²) in [5.41, 5.74) is 0.950. The fraction of sp³-hybridized carbons (Fsp3) is 0.500. The van der Waals surface area contributed by atoms with Crippen molar-refractivity contribution in [3.8, 4) is 0 Å². The minimum Gasteiger partial charge on any atom is -0.356 e. The molecule has 2 N–H and O–H groups in total. The normalized spacial score (nSPS) is 10.7. The van der Waals surface area contributed by atoms with Crippen LogP contribution in [0.1, 0.15) is 24.4 Å². The zero-order valence-electron chi connectivity index (χ0n) is 11.3. The first-order chi connectivity index (χ1) is 9.66. The molecule has 0 aliphatic rings. The van der Waals surface area contributed by atoms with E-state index in [-0.39, 0.29) is 10.8 Å². The summed E-state index contributed by atoms with van der Waals surface area (Å²) < 4.78 is 1.70. The molecule has 0 spiro atoms. The van der Waals surface area contributed by atoms with Crippen molar-refractivity contribution in [3.05, 3.63) is 32.9 Å². The summed E-state index contributed by atoms with van der Waals surface area (Å²) in [6.07, 6.45) is 3.15. The minimum absolute atomic E-state index is 0.00885. The number of nitrogens with zero attached hydrogens (tertiary/aromatic N) is 3. The molecule has 0 saturated carbocycles. The third-order valence-electron chi connectivity index (χ3n) is 2.91. The molecule has 0 radical (unpaired) electrons. The topological polar surface area (TPSA) is 92.7 Å². The number of hydrogen-bond acceptors (Lipinski definition) is 5. The molecule has 8 heteroatoms. The van der Waals surface area contributed by atoms with E-state index < -0.39 is 0 Å². The highest BCUT2D eigenvalue weighted by Gasteiger charge is 2.05. The van der Waals surface area contributed by atoms with Crippen LogP contribution in [0.3, 0.4) is 0 Å². The van der Waals surface area contributed by atoms with Gasteiger partial charge >= 0.3 is 4.87 Å². The Morgan fingerprint density at radius 3 is 3.05 bits per heavy atom. The van der Waals surface area contributed by atoms with Gasteiger partial charge in [0.25, 0.3) is 0 Å². The number of rotatable bonds is 7. The van der Waals surface area contributed by atoms with Gasteiger partial charge in [0.1, 0.15) is 12.2 Å². The van der Waals surface area contributed by atoms with E-state index in [4.69, 9.17) is 0 Å². The molecule has 2 heterocycles. The van der Waals surface area contributed by atoms with Crippen LogP contribution in [-0.2, 0) is 17.8 Å². The Morgan fingerprint density at radius 1 is 1.55 bits per heavy atom. The lowest BCUT2D eigenvalue weighted by molar-refractivity contribution is -0.121. The van der Waals surface area contributed by atoms with Crippen molar-refractivity contribution in [1.82, 2.24) is 25.1 Å². The maximum absolute atomic E-state index is 11.6. The first kappa shape index (κ1) is 14.4. The van der Waals surface area contributed by atoms with Crippen LogP contribution in [0.4, 0.5) is 0 Å². The largest absolute Gasteiger partial charge is 0.356 e. The van der Waals surface area contributed by atoms with Crippen LogP contribution in [0.25, 0.3) is 0 Å². The van der Waals surface area contributed by atoms with Crippen molar-refractivity contribution in [2.45, 2.75) is 32.7 Å². The van der Waals surface area contributed by atoms with Gasteiger partial charge in [0.15, 0.2) is 0 Å². The smallest absolute Gasteiger partial charge is 0.307 e. The Labute approximate surface area is 120 Å². The number of aromatic amines is 1. The molecule has 0 fully saturated rings. The zero-order valence-corrected chi connectivity index (χ0v) is 12.1. The predicted molar refractivity (Wildman–Crippen MR) is 75.6 cm³/mol. The predicted octanol–water partition coefficient (Wildman–Crippen LogP) is 0.475. The number of thiazole rings is 1. The summed E-state index contributed by atoms with van der Waals surface area (Å²) in [4.78, 5) is 27.1. The van der Waals surface area contributed by atoms with Gasteiger partial charge in [-0.1, -0.05) is 11.3 Å². The first-order valence-electron chi connectivity index (χ1n) is 6.42. The molecule has 7 nitrogen and oxygen atoms in total. The van der Waals surface area contributed by atoms with Crippen molar-refractivity contribution < 1.29 is 4.79 Å².